The molecule has 1 saturated heterocycles. The van der Waals surface area contributed by atoms with E-state index >= 15 is 0 Å². The number of nitrogens with zero attached hydrogens (tertiary/aromatic N) is 2. The highest BCUT2D eigenvalue weighted by molar-refractivity contribution is 5.32. The van der Waals surface area contributed by atoms with Gasteiger partial charge in [0.15, 0.2) is 0 Å². The Kier molecular flexibility index (Phi) is 5.24. The third-order valence-electron chi connectivity index (χ3n) is 4.04. The highest BCUT2D eigenvalue weighted by atomic mass is 19.4. The molecule has 1 atom stereocenters. The second-order valence-corrected chi connectivity index (χ2v) is 5.53. The van der Waals surface area contributed by atoms with Crippen LogP contribution < -0.4 is 5.73 Å². The quantitative estimate of drug-likeness (QED) is 0.930. The molecule has 1 aromatic rings. The Morgan fingerprint density at radius 1 is 1.14 bits per heavy atom. The van der Waals surface area contributed by atoms with Crippen LogP contribution in [-0.2, 0) is 6.18 Å². The van der Waals surface area contributed by atoms with Gasteiger partial charge in [0.1, 0.15) is 0 Å². The zero-order valence-electron chi connectivity index (χ0n) is 12.2. The van der Waals surface area contributed by atoms with Gasteiger partial charge in [0, 0.05) is 32.2 Å². The lowest BCUT2D eigenvalue weighted by Gasteiger charge is -2.31. The maximum atomic E-state index is 13.2. The van der Waals surface area contributed by atoms with Crippen LogP contribution in [0.2, 0.25) is 0 Å². The first-order chi connectivity index (χ1) is 9.93. The number of hydrogen-bond acceptors (Lipinski definition) is 3. The second kappa shape index (κ2) is 6.77. The highest BCUT2D eigenvalue weighted by Crippen LogP contribution is 2.36. The van der Waals surface area contributed by atoms with Crippen molar-refractivity contribution in [3.05, 3.63) is 35.4 Å². The van der Waals surface area contributed by atoms with Crippen LogP contribution in [0, 0.1) is 0 Å². The Bertz CT molecular complexity index is 462. The molecule has 0 amide bonds. The van der Waals surface area contributed by atoms with E-state index in [1.54, 1.807) is 12.1 Å². The Morgan fingerprint density at radius 3 is 2.52 bits per heavy atom. The van der Waals surface area contributed by atoms with Gasteiger partial charge in [0.05, 0.1) is 5.56 Å². The molecule has 2 N–H and O–H groups in total. The van der Waals surface area contributed by atoms with Crippen molar-refractivity contribution in [3.63, 3.8) is 0 Å². The van der Waals surface area contributed by atoms with Crippen LogP contribution in [0.3, 0.4) is 0 Å². The summed E-state index contributed by atoms with van der Waals surface area (Å²) in [5, 5.41) is 0. The van der Waals surface area contributed by atoms with E-state index in [1.807, 2.05) is 7.05 Å². The SMILES string of the molecule is CN1CCCN(C(CN)c2ccccc2C(F)(F)F)CC1. The lowest BCUT2D eigenvalue weighted by atomic mass is 9.98. The van der Waals surface area contributed by atoms with Crippen LogP contribution in [0.4, 0.5) is 13.2 Å². The zero-order chi connectivity index (χ0) is 15.5. The summed E-state index contributed by atoms with van der Waals surface area (Å²) < 4.78 is 39.6. The molecular weight excluding hydrogens is 279 g/mol. The van der Waals surface area contributed by atoms with E-state index in [9.17, 15) is 13.2 Å². The van der Waals surface area contributed by atoms with E-state index in [1.165, 1.54) is 6.07 Å². The van der Waals surface area contributed by atoms with Crippen molar-refractivity contribution in [1.82, 2.24) is 9.80 Å². The normalized spacial score (nSPS) is 20.2. The van der Waals surface area contributed by atoms with Crippen molar-refractivity contribution in [2.24, 2.45) is 5.73 Å². The summed E-state index contributed by atoms with van der Waals surface area (Å²) in [6, 6.07) is 5.39. The molecule has 1 aliphatic heterocycles. The van der Waals surface area contributed by atoms with Crippen molar-refractivity contribution in [2.75, 3.05) is 39.8 Å². The molecule has 0 aromatic heterocycles. The summed E-state index contributed by atoms with van der Waals surface area (Å²) in [6.07, 6.45) is -3.40. The van der Waals surface area contributed by atoms with Gasteiger partial charge in [-0.1, -0.05) is 18.2 Å². The number of rotatable bonds is 3. The molecule has 1 unspecified atom stereocenters. The molecule has 118 valence electrons. The molecule has 0 aliphatic carbocycles. The fourth-order valence-corrected chi connectivity index (χ4v) is 2.90. The monoisotopic (exact) mass is 301 g/mol. The van der Waals surface area contributed by atoms with E-state index in [0.29, 0.717) is 0 Å². The first-order valence-corrected chi connectivity index (χ1v) is 7.22. The molecule has 0 spiro atoms. The van der Waals surface area contributed by atoms with Gasteiger partial charge in [-0.15, -0.1) is 0 Å². The van der Waals surface area contributed by atoms with Crippen molar-refractivity contribution in [2.45, 2.75) is 18.6 Å². The first-order valence-electron chi connectivity index (χ1n) is 7.22. The number of likely N-dealkylation sites (N-methyl/N-ethyl adjacent to an activating group) is 1. The maximum absolute atomic E-state index is 13.2. The fourth-order valence-electron chi connectivity index (χ4n) is 2.90. The van der Waals surface area contributed by atoms with Crippen LogP contribution >= 0.6 is 0 Å². The molecule has 3 nitrogen and oxygen atoms in total. The Labute approximate surface area is 123 Å². The topological polar surface area (TPSA) is 32.5 Å². The predicted octanol–water partition coefficient (Wildman–Crippen LogP) is 2.34. The smallest absolute Gasteiger partial charge is 0.329 e. The van der Waals surface area contributed by atoms with E-state index in [-0.39, 0.29) is 18.2 Å². The first kappa shape index (κ1) is 16.3. The highest BCUT2D eigenvalue weighted by Gasteiger charge is 2.36. The molecule has 2 rings (SSSR count). The molecular formula is C15H22F3N3. The molecule has 0 bridgehead atoms. The van der Waals surface area contributed by atoms with Gasteiger partial charge >= 0.3 is 6.18 Å². The molecule has 1 aliphatic rings. The Balaban J connectivity index is 2.29. The number of nitrogens with two attached hydrogens (primary N) is 1. The molecule has 0 radical (unpaired) electrons. The van der Waals surface area contributed by atoms with Crippen molar-refractivity contribution >= 4 is 0 Å². The number of benzene rings is 1. The van der Waals surface area contributed by atoms with Crippen molar-refractivity contribution in [3.8, 4) is 0 Å². The van der Waals surface area contributed by atoms with Crippen LogP contribution in [0.15, 0.2) is 24.3 Å². The third kappa shape index (κ3) is 3.96. The number of halogens is 3. The summed E-state index contributed by atoms with van der Waals surface area (Å²) in [5.74, 6) is 0. The Morgan fingerprint density at radius 2 is 1.86 bits per heavy atom. The van der Waals surface area contributed by atoms with Gasteiger partial charge in [0.25, 0.3) is 0 Å². The summed E-state index contributed by atoms with van der Waals surface area (Å²) in [6.45, 7) is 3.53. The standard InChI is InChI=1S/C15H22F3N3/c1-20-7-4-8-21(10-9-20)14(11-19)12-5-2-3-6-13(12)15(16,17)18/h2-3,5-6,14H,4,7-11,19H2,1H3. The van der Waals surface area contributed by atoms with Crippen molar-refractivity contribution < 1.29 is 13.2 Å². The van der Waals surface area contributed by atoms with E-state index in [2.05, 4.69) is 9.80 Å². The van der Waals surface area contributed by atoms with Crippen molar-refractivity contribution in [1.29, 1.82) is 0 Å². The van der Waals surface area contributed by atoms with Gasteiger partial charge in [-0.2, -0.15) is 13.2 Å². The van der Waals surface area contributed by atoms with E-state index in [0.717, 1.165) is 38.7 Å². The lowest BCUT2D eigenvalue weighted by Crippen LogP contribution is -2.37. The van der Waals surface area contributed by atoms with Crippen LogP contribution in [0.5, 0.6) is 0 Å². The average Bonchev–Trinajstić information content (AvgIpc) is 2.64. The number of alkyl halides is 3. The molecule has 1 aromatic carbocycles. The lowest BCUT2D eigenvalue weighted by molar-refractivity contribution is -0.138. The average molecular weight is 301 g/mol. The predicted molar refractivity (Wildman–Crippen MR) is 76.9 cm³/mol. The largest absolute Gasteiger partial charge is 0.416 e. The van der Waals surface area contributed by atoms with Crippen LogP contribution in [-0.4, -0.2) is 49.6 Å². The Hall–Kier alpha value is -1.11. The minimum absolute atomic E-state index is 0.191. The van der Waals surface area contributed by atoms with Gasteiger partial charge in [-0.05, 0) is 31.6 Å². The minimum atomic E-state index is -4.34. The summed E-state index contributed by atoms with van der Waals surface area (Å²) in [7, 11) is 2.03. The fraction of sp³-hybridized carbons (Fsp3) is 0.600. The summed E-state index contributed by atoms with van der Waals surface area (Å²) in [4.78, 5) is 4.28. The molecule has 1 fully saturated rings. The molecule has 0 saturated carbocycles. The summed E-state index contributed by atoms with van der Waals surface area (Å²) >= 11 is 0. The van der Waals surface area contributed by atoms with Crippen LogP contribution in [0.1, 0.15) is 23.6 Å². The zero-order valence-corrected chi connectivity index (χ0v) is 12.2. The maximum Gasteiger partial charge on any atom is 0.416 e. The second-order valence-electron chi connectivity index (χ2n) is 5.53. The molecule has 6 heteroatoms. The van der Waals surface area contributed by atoms with E-state index in [4.69, 9.17) is 5.73 Å². The molecule has 21 heavy (non-hydrogen) atoms. The van der Waals surface area contributed by atoms with Gasteiger partial charge in [0.2, 0.25) is 0 Å². The van der Waals surface area contributed by atoms with Gasteiger partial charge in [-0.3, -0.25) is 4.90 Å². The van der Waals surface area contributed by atoms with Gasteiger partial charge in [-0.25, -0.2) is 0 Å². The van der Waals surface area contributed by atoms with E-state index < -0.39 is 11.7 Å². The van der Waals surface area contributed by atoms with Crippen LogP contribution in [0.25, 0.3) is 0 Å². The molecule has 1 heterocycles. The summed E-state index contributed by atoms with van der Waals surface area (Å²) in [5.41, 5.74) is 5.53. The minimum Gasteiger partial charge on any atom is -0.329 e. The third-order valence-corrected chi connectivity index (χ3v) is 4.04. The number of hydrogen-bond donors (Lipinski definition) is 1. The van der Waals surface area contributed by atoms with Gasteiger partial charge < -0.3 is 10.6 Å².